The topological polar surface area (TPSA) is 40.6 Å². The molecule has 23 heavy (non-hydrogen) atoms. The van der Waals surface area contributed by atoms with Crippen molar-refractivity contribution in [3.05, 3.63) is 54.6 Å². The summed E-state index contributed by atoms with van der Waals surface area (Å²) in [4.78, 5) is 2.46. The molecule has 2 aromatic rings. The average Bonchev–Trinajstić information content (AvgIpc) is 3.07. The maximum absolute atomic E-state index is 12.8. The van der Waals surface area contributed by atoms with E-state index in [9.17, 15) is 8.42 Å². The van der Waals surface area contributed by atoms with Gasteiger partial charge in [0, 0.05) is 19.1 Å². The summed E-state index contributed by atoms with van der Waals surface area (Å²) in [6.45, 7) is 1.15. The summed E-state index contributed by atoms with van der Waals surface area (Å²) in [7, 11) is 0.594. The van der Waals surface area contributed by atoms with Crippen LogP contribution < -0.4 is 0 Å². The van der Waals surface area contributed by atoms with Gasteiger partial charge in [-0.25, -0.2) is 8.42 Å². The molecule has 122 valence electrons. The standard InChI is InChI=1S/C18H22N2O2S/c1-19(2)17-12-13-20(14-17)23(21,22)18-10-8-16(9-11-18)15-6-4-3-5-7-15/h3-11,17H,12-14H2,1-2H3. The molecule has 1 atom stereocenters. The third-order valence-corrected chi connectivity index (χ3v) is 6.33. The first kappa shape index (κ1) is 16.2. The number of hydrogen-bond donors (Lipinski definition) is 0. The second kappa shape index (κ2) is 6.43. The summed E-state index contributed by atoms with van der Waals surface area (Å²) < 4.78 is 27.1. The van der Waals surface area contributed by atoms with E-state index in [4.69, 9.17) is 0 Å². The lowest BCUT2D eigenvalue weighted by molar-refractivity contribution is 0.302. The number of likely N-dealkylation sites (N-methyl/N-ethyl adjacent to an activating group) is 1. The Labute approximate surface area is 138 Å². The lowest BCUT2D eigenvalue weighted by Crippen LogP contribution is -2.34. The molecule has 4 nitrogen and oxygen atoms in total. The van der Waals surface area contributed by atoms with E-state index in [1.54, 1.807) is 16.4 Å². The van der Waals surface area contributed by atoms with Gasteiger partial charge in [0.05, 0.1) is 4.90 Å². The molecule has 0 amide bonds. The molecule has 1 aliphatic rings. The van der Waals surface area contributed by atoms with Crippen LogP contribution in [0.3, 0.4) is 0 Å². The quantitative estimate of drug-likeness (QED) is 0.865. The highest BCUT2D eigenvalue weighted by Gasteiger charge is 2.33. The summed E-state index contributed by atoms with van der Waals surface area (Å²) in [6, 6.07) is 17.4. The van der Waals surface area contributed by atoms with Crippen LogP contribution in [0.1, 0.15) is 6.42 Å². The molecule has 3 rings (SSSR count). The molecule has 0 aromatic heterocycles. The SMILES string of the molecule is CN(C)C1CCN(S(=O)(=O)c2ccc(-c3ccccc3)cc2)C1. The van der Waals surface area contributed by atoms with Gasteiger partial charge in [0.2, 0.25) is 10.0 Å². The zero-order valence-corrected chi connectivity index (χ0v) is 14.3. The van der Waals surface area contributed by atoms with E-state index in [1.807, 2.05) is 56.6 Å². The van der Waals surface area contributed by atoms with Crippen LogP contribution in [-0.2, 0) is 10.0 Å². The number of nitrogens with zero attached hydrogens (tertiary/aromatic N) is 2. The fourth-order valence-corrected chi connectivity index (χ4v) is 4.44. The highest BCUT2D eigenvalue weighted by Crippen LogP contribution is 2.25. The predicted molar refractivity (Wildman–Crippen MR) is 92.7 cm³/mol. The van der Waals surface area contributed by atoms with E-state index in [1.165, 1.54) is 0 Å². The molecule has 1 aliphatic heterocycles. The molecule has 1 fully saturated rings. The molecule has 0 spiro atoms. The normalized spacial score (nSPS) is 19.3. The van der Waals surface area contributed by atoms with Gasteiger partial charge in [-0.2, -0.15) is 4.31 Å². The first-order valence-corrected chi connectivity index (χ1v) is 9.24. The maximum Gasteiger partial charge on any atom is 0.243 e. The van der Waals surface area contributed by atoms with Gasteiger partial charge in [-0.15, -0.1) is 0 Å². The molecule has 1 saturated heterocycles. The molecule has 1 unspecified atom stereocenters. The van der Waals surface area contributed by atoms with Gasteiger partial charge in [-0.3, -0.25) is 0 Å². The lowest BCUT2D eigenvalue weighted by atomic mass is 10.1. The van der Waals surface area contributed by atoms with E-state index in [0.717, 1.165) is 17.5 Å². The van der Waals surface area contributed by atoms with Gasteiger partial charge >= 0.3 is 0 Å². The molecular weight excluding hydrogens is 308 g/mol. The summed E-state index contributed by atoms with van der Waals surface area (Å²) in [6.07, 6.45) is 0.883. The van der Waals surface area contributed by atoms with Crippen LogP contribution in [0.25, 0.3) is 11.1 Å². The first-order chi connectivity index (χ1) is 11.0. The van der Waals surface area contributed by atoms with Crippen molar-refractivity contribution in [2.45, 2.75) is 17.4 Å². The molecule has 0 aliphatic carbocycles. The highest BCUT2D eigenvalue weighted by atomic mass is 32.2. The van der Waals surface area contributed by atoms with Gasteiger partial charge in [-0.1, -0.05) is 42.5 Å². The minimum atomic E-state index is -3.40. The van der Waals surface area contributed by atoms with Gasteiger partial charge in [0.1, 0.15) is 0 Å². The summed E-state index contributed by atoms with van der Waals surface area (Å²) in [5, 5.41) is 0. The molecule has 1 heterocycles. The average molecular weight is 330 g/mol. The summed E-state index contributed by atoms with van der Waals surface area (Å²) >= 11 is 0. The third kappa shape index (κ3) is 3.32. The number of benzene rings is 2. The van der Waals surface area contributed by atoms with Crippen LogP contribution in [0.15, 0.2) is 59.5 Å². The van der Waals surface area contributed by atoms with Crippen LogP contribution in [0.5, 0.6) is 0 Å². The fraction of sp³-hybridized carbons (Fsp3) is 0.333. The van der Waals surface area contributed by atoms with Crippen LogP contribution >= 0.6 is 0 Å². The van der Waals surface area contributed by atoms with Crippen molar-refractivity contribution in [3.8, 4) is 11.1 Å². The Morgan fingerprint density at radius 1 is 0.957 bits per heavy atom. The first-order valence-electron chi connectivity index (χ1n) is 7.80. The van der Waals surface area contributed by atoms with Crippen molar-refractivity contribution >= 4 is 10.0 Å². The summed E-state index contributed by atoms with van der Waals surface area (Å²) in [5.41, 5.74) is 2.11. The van der Waals surface area contributed by atoms with Crippen LogP contribution in [0, 0.1) is 0 Å². The van der Waals surface area contributed by atoms with Gasteiger partial charge in [0.15, 0.2) is 0 Å². The Kier molecular flexibility index (Phi) is 4.53. The summed E-state index contributed by atoms with van der Waals surface area (Å²) in [5.74, 6) is 0. The number of rotatable bonds is 4. The molecule has 0 N–H and O–H groups in total. The zero-order valence-electron chi connectivity index (χ0n) is 13.5. The minimum Gasteiger partial charge on any atom is -0.305 e. The van der Waals surface area contributed by atoms with Crippen molar-refractivity contribution in [2.24, 2.45) is 0 Å². The zero-order chi connectivity index (χ0) is 16.4. The molecular formula is C18H22N2O2S. The predicted octanol–water partition coefficient (Wildman–Crippen LogP) is 2.68. The Morgan fingerprint density at radius 2 is 1.57 bits per heavy atom. The second-order valence-electron chi connectivity index (χ2n) is 6.16. The third-order valence-electron chi connectivity index (χ3n) is 4.46. The molecule has 2 aromatic carbocycles. The van der Waals surface area contributed by atoms with E-state index in [-0.39, 0.29) is 0 Å². The van der Waals surface area contributed by atoms with Gasteiger partial charge in [-0.05, 0) is 43.8 Å². The van der Waals surface area contributed by atoms with Gasteiger partial charge in [0.25, 0.3) is 0 Å². The molecule has 0 radical (unpaired) electrons. The van der Waals surface area contributed by atoms with Crippen LogP contribution in [-0.4, -0.2) is 50.8 Å². The van der Waals surface area contributed by atoms with E-state index in [0.29, 0.717) is 24.0 Å². The Morgan fingerprint density at radius 3 is 2.13 bits per heavy atom. The second-order valence-corrected chi connectivity index (χ2v) is 8.10. The van der Waals surface area contributed by atoms with Crippen LogP contribution in [0.2, 0.25) is 0 Å². The van der Waals surface area contributed by atoms with Crippen molar-refractivity contribution in [1.29, 1.82) is 0 Å². The maximum atomic E-state index is 12.8. The Bertz CT molecular complexity index is 755. The monoisotopic (exact) mass is 330 g/mol. The minimum absolute atomic E-state index is 0.299. The number of sulfonamides is 1. The number of hydrogen-bond acceptors (Lipinski definition) is 3. The van der Waals surface area contributed by atoms with E-state index >= 15 is 0 Å². The molecule has 0 bridgehead atoms. The molecule has 0 saturated carbocycles. The van der Waals surface area contributed by atoms with E-state index in [2.05, 4.69) is 4.90 Å². The fourth-order valence-electron chi connectivity index (χ4n) is 2.95. The van der Waals surface area contributed by atoms with Crippen molar-refractivity contribution in [3.63, 3.8) is 0 Å². The lowest BCUT2D eigenvalue weighted by Gasteiger charge is -2.20. The van der Waals surface area contributed by atoms with Crippen molar-refractivity contribution in [2.75, 3.05) is 27.2 Å². The Balaban J connectivity index is 1.82. The Hall–Kier alpha value is -1.69. The van der Waals surface area contributed by atoms with Crippen LogP contribution in [0.4, 0.5) is 0 Å². The molecule has 5 heteroatoms. The van der Waals surface area contributed by atoms with Gasteiger partial charge < -0.3 is 4.90 Å². The van der Waals surface area contributed by atoms with Crippen molar-refractivity contribution < 1.29 is 8.42 Å². The highest BCUT2D eigenvalue weighted by molar-refractivity contribution is 7.89. The van der Waals surface area contributed by atoms with E-state index < -0.39 is 10.0 Å². The largest absolute Gasteiger partial charge is 0.305 e. The smallest absolute Gasteiger partial charge is 0.243 e. The van der Waals surface area contributed by atoms with Crippen molar-refractivity contribution in [1.82, 2.24) is 9.21 Å².